The van der Waals surface area contributed by atoms with Crippen LogP contribution in [0.3, 0.4) is 0 Å². The summed E-state index contributed by atoms with van der Waals surface area (Å²) in [6.45, 7) is 4.41. The topological polar surface area (TPSA) is 63.1 Å². The minimum absolute atomic E-state index is 0.00908. The van der Waals surface area contributed by atoms with Crippen molar-refractivity contribution in [1.82, 2.24) is 14.8 Å². The fraction of sp³-hybridized carbons (Fsp3) is 0.550. The minimum Gasteiger partial charge on any atom is -0.341 e. The van der Waals surface area contributed by atoms with E-state index in [0.717, 1.165) is 40.7 Å². The lowest BCUT2D eigenvalue weighted by atomic mass is 10.00. The van der Waals surface area contributed by atoms with Crippen LogP contribution in [0.25, 0.3) is 0 Å². The van der Waals surface area contributed by atoms with E-state index in [9.17, 15) is 4.79 Å². The number of benzene rings is 1. The van der Waals surface area contributed by atoms with Gasteiger partial charge in [0, 0.05) is 24.0 Å². The molecule has 0 spiro atoms. The van der Waals surface area contributed by atoms with Crippen LogP contribution in [-0.4, -0.2) is 45.8 Å². The highest BCUT2D eigenvalue weighted by molar-refractivity contribution is 7.99. The van der Waals surface area contributed by atoms with Gasteiger partial charge in [0.15, 0.2) is 5.16 Å². The van der Waals surface area contributed by atoms with Crippen LogP contribution in [0.4, 0.5) is 11.6 Å². The van der Waals surface area contributed by atoms with Crippen molar-refractivity contribution in [2.45, 2.75) is 48.7 Å². The molecule has 1 aromatic carbocycles. The molecule has 8 heteroatoms. The van der Waals surface area contributed by atoms with Gasteiger partial charge in [-0.05, 0) is 50.0 Å². The Balaban J connectivity index is 1.41. The first kappa shape index (κ1) is 19.6. The SMILES string of the molecule is CSc1ccccc1NC(=O)CSc1nnc(N2CCC(C)CC2)n1C1CC1. The van der Waals surface area contributed by atoms with Crippen molar-refractivity contribution in [3.05, 3.63) is 24.3 Å². The monoisotopic (exact) mass is 417 g/mol. The molecule has 1 N–H and O–H groups in total. The van der Waals surface area contributed by atoms with Crippen molar-refractivity contribution in [3.63, 3.8) is 0 Å². The summed E-state index contributed by atoms with van der Waals surface area (Å²) in [5.74, 6) is 2.11. The van der Waals surface area contributed by atoms with E-state index < -0.39 is 0 Å². The smallest absolute Gasteiger partial charge is 0.234 e. The molecule has 2 aromatic rings. The summed E-state index contributed by atoms with van der Waals surface area (Å²) in [5.41, 5.74) is 0.868. The van der Waals surface area contributed by atoms with Crippen LogP contribution in [0.1, 0.15) is 38.6 Å². The molecule has 0 atom stereocenters. The average molecular weight is 418 g/mol. The van der Waals surface area contributed by atoms with Gasteiger partial charge in [-0.2, -0.15) is 0 Å². The number of nitrogens with one attached hydrogen (secondary N) is 1. The van der Waals surface area contributed by atoms with Gasteiger partial charge in [0.2, 0.25) is 11.9 Å². The van der Waals surface area contributed by atoms with Gasteiger partial charge in [-0.3, -0.25) is 9.36 Å². The van der Waals surface area contributed by atoms with Crippen molar-refractivity contribution >= 4 is 41.1 Å². The molecular weight excluding hydrogens is 390 g/mol. The lowest BCUT2D eigenvalue weighted by molar-refractivity contribution is -0.113. The molecule has 4 rings (SSSR count). The largest absolute Gasteiger partial charge is 0.341 e. The Hall–Kier alpha value is -1.67. The van der Waals surface area contributed by atoms with Crippen LogP contribution < -0.4 is 10.2 Å². The van der Waals surface area contributed by atoms with Crippen molar-refractivity contribution in [2.75, 3.05) is 35.3 Å². The van der Waals surface area contributed by atoms with Crippen molar-refractivity contribution in [3.8, 4) is 0 Å². The van der Waals surface area contributed by atoms with E-state index in [1.165, 1.54) is 37.4 Å². The number of aromatic nitrogens is 3. The quantitative estimate of drug-likeness (QED) is 0.678. The van der Waals surface area contributed by atoms with Crippen LogP contribution in [0.2, 0.25) is 0 Å². The molecule has 6 nitrogen and oxygen atoms in total. The molecule has 1 saturated carbocycles. The molecule has 2 aliphatic rings. The summed E-state index contributed by atoms with van der Waals surface area (Å²) in [7, 11) is 0. The summed E-state index contributed by atoms with van der Waals surface area (Å²) in [5, 5.41) is 12.8. The van der Waals surface area contributed by atoms with Crippen LogP contribution in [0, 0.1) is 5.92 Å². The number of thioether (sulfide) groups is 2. The second kappa shape index (κ2) is 8.78. The highest BCUT2D eigenvalue weighted by atomic mass is 32.2. The maximum absolute atomic E-state index is 12.5. The number of anilines is 2. The van der Waals surface area contributed by atoms with Gasteiger partial charge >= 0.3 is 0 Å². The third-order valence-electron chi connectivity index (χ3n) is 5.34. The number of hydrogen-bond acceptors (Lipinski definition) is 6. The van der Waals surface area contributed by atoms with E-state index >= 15 is 0 Å². The third kappa shape index (κ3) is 4.49. The Bertz CT molecular complexity index is 828. The Kier molecular flexibility index (Phi) is 6.16. The number of amides is 1. The average Bonchev–Trinajstić information content (AvgIpc) is 3.46. The molecule has 28 heavy (non-hydrogen) atoms. The molecule has 1 aliphatic heterocycles. The number of carbonyl (C=O) groups excluding carboxylic acids is 1. The standard InChI is InChI=1S/C20H27N5OS2/c1-14-9-11-24(12-10-14)19-22-23-20(25(19)15-7-8-15)28-13-18(26)21-16-5-3-4-6-17(16)27-2/h3-6,14-15H,7-13H2,1-2H3,(H,21,26). The predicted molar refractivity (Wildman–Crippen MR) is 116 cm³/mol. The molecule has 150 valence electrons. The molecule has 2 fully saturated rings. The zero-order valence-electron chi connectivity index (χ0n) is 16.4. The van der Waals surface area contributed by atoms with Gasteiger partial charge in [-0.25, -0.2) is 0 Å². The van der Waals surface area contributed by atoms with E-state index in [0.29, 0.717) is 11.8 Å². The van der Waals surface area contributed by atoms with Crippen LogP contribution in [0.15, 0.2) is 34.3 Å². The van der Waals surface area contributed by atoms with E-state index in [1.807, 2.05) is 30.5 Å². The fourth-order valence-electron chi connectivity index (χ4n) is 3.51. The number of nitrogens with zero attached hydrogens (tertiary/aromatic N) is 4. The fourth-order valence-corrected chi connectivity index (χ4v) is 4.86. The second-order valence-corrected chi connectivity index (χ2v) is 9.38. The molecule has 1 aromatic heterocycles. The first-order valence-electron chi connectivity index (χ1n) is 9.91. The van der Waals surface area contributed by atoms with Crippen LogP contribution in [-0.2, 0) is 4.79 Å². The molecule has 0 bridgehead atoms. The summed E-state index contributed by atoms with van der Waals surface area (Å²) >= 11 is 3.12. The first-order valence-corrected chi connectivity index (χ1v) is 12.1. The van der Waals surface area contributed by atoms with Gasteiger partial charge < -0.3 is 10.2 Å². The molecule has 1 aliphatic carbocycles. The zero-order valence-corrected chi connectivity index (χ0v) is 18.1. The van der Waals surface area contributed by atoms with Gasteiger partial charge in [-0.15, -0.1) is 22.0 Å². The van der Waals surface area contributed by atoms with E-state index in [4.69, 9.17) is 0 Å². The molecule has 0 unspecified atom stereocenters. The lowest BCUT2D eigenvalue weighted by Gasteiger charge is -2.31. The Morgan fingerprint density at radius 3 is 2.64 bits per heavy atom. The van der Waals surface area contributed by atoms with E-state index in [1.54, 1.807) is 11.8 Å². The van der Waals surface area contributed by atoms with Gasteiger partial charge in [0.25, 0.3) is 0 Å². The summed E-state index contributed by atoms with van der Waals surface area (Å²) in [6, 6.07) is 8.38. The van der Waals surface area contributed by atoms with E-state index in [-0.39, 0.29) is 5.91 Å². The van der Waals surface area contributed by atoms with Crippen molar-refractivity contribution < 1.29 is 4.79 Å². The van der Waals surface area contributed by atoms with Crippen LogP contribution in [0.5, 0.6) is 0 Å². The minimum atomic E-state index is -0.00908. The van der Waals surface area contributed by atoms with Gasteiger partial charge in [0.05, 0.1) is 11.4 Å². The summed E-state index contributed by atoms with van der Waals surface area (Å²) in [6.07, 6.45) is 6.78. The maximum Gasteiger partial charge on any atom is 0.234 e. The highest BCUT2D eigenvalue weighted by Crippen LogP contribution is 2.41. The van der Waals surface area contributed by atoms with Crippen molar-refractivity contribution in [2.24, 2.45) is 5.92 Å². The van der Waals surface area contributed by atoms with Crippen molar-refractivity contribution in [1.29, 1.82) is 0 Å². The number of rotatable bonds is 7. The van der Waals surface area contributed by atoms with Gasteiger partial charge in [0.1, 0.15) is 0 Å². The molecule has 2 heterocycles. The Morgan fingerprint density at radius 1 is 1.18 bits per heavy atom. The Labute approximate surface area is 174 Å². The number of para-hydroxylation sites is 1. The summed E-state index contributed by atoms with van der Waals surface area (Å²) in [4.78, 5) is 15.9. The maximum atomic E-state index is 12.5. The molecule has 1 saturated heterocycles. The highest BCUT2D eigenvalue weighted by Gasteiger charge is 2.32. The molecule has 0 radical (unpaired) electrons. The number of carbonyl (C=O) groups is 1. The second-order valence-electron chi connectivity index (χ2n) is 7.59. The molecular formula is C20H27N5OS2. The zero-order chi connectivity index (χ0) is 19.5. The third-order valence-corrected chi connectivity index (χ3v) is 7.08. The number of hydrogen-bond donors (Lipinski definition) is 1. The van der Waals surface area contributed by atoms with Crippen LogP contribution >= 0.6 is 23.5 Å². The van der Waals surface area contributed by atoms with E-state index in [2.05, 4.69) is 31.9 Å². The molecule has 1 amide bonds. The Morgan fingerprint density at radius 2 is 1.93 bits per heavy atom. The summed E-state index contributed by atoms with van der Waals surface area (Å²) < 4.78 is 2.27. The normalized spacial score (nSPS) is 17.7. The first-order chi connectivity index (χ1) is 13.7. The predicted octanol–water partition coefficient (Wildman–Crippen LogP) is 4.30. The number of piperidine rings is 1. The lowest BCUT2D eigenvalue weighted by Crippen LogP contribution is -2.34. The van der Waals surface area contributed by atoms with Gasteiger partial charge in [-0.1, -0.05) is 30.8 Å².